The third-order valence-electron chi connectivity index (χ3n) is 2.74. The molecule has 0 radical (unpaired) electrons. The molecule has 1 aliphatic heterocycles. The van der Waals surface area contributed by atoms with Gasteiger partial charge in [-0.2, -0.15) is 11.8 Å². The Morgan fingerprint density at radius 3 is 3.19 bits per heavy atom. The molecule has 6 heteroatoms. The van der Waals surface area contributed by atoms with Crippen LogP contribution in [0, 0.1) is 0 Å². The summed E-state index contributed by atoms with van der Waals surface area (Å²) in [6, 6.07) is 0.352. The van der Waals surface area contributed by atoms with Gasteiger partial charge in [-0.15, -0.1) is 0 Å². The van der Waals surface area contributed by atoms with Crippen LogP contribution in [0.3, 0.4) is 0 Å². The highest BCUT2D eigenvalue weighted by atomic mass is 32.2. The van der Waals surface area contributed by atoms with Gasteiger partial charge in [-0.3, -0.25) is 0 Å². The zero-order chi connectivity index (χ0) is 11.5. The second-order valence-electron chi connectivity index (χ2n) is 3.75. The van der Waals surface area contributed by atoms with Gasteiger partial charge < -0.3 is 15.0 Å². The van der Waals surface area contributed by atoms with Crippen molar-refractivity contribution in [2.75, 3.05) is 24.3 Å². The smallest absolute Gasteiger partial charge is 0.360 e. The first-order chi connectivity index (χ1) is 7.74. The van der Waals surface area contributed by atoms with Gasteiger partial charge >= 0.3 is 5.97 Å². The Hall–Kier alpha value is -1.17. The molecule has 0 amide bonds. The molecule has 0 aromatic carbocycles. The zero-order valence-corrected chi connectivity index (χ0v) is 10.00. The maximum absolute atomic E-state index is 11.3. The van der Waals surface area contributed by atoms with E-state index in [9.17, 15) is 4.79 Å². The molecule has 1 fully saturated rings. The number of methoxy groups -OCH3 is 1. The van der Waals surface area contributed by atoms with Crippen molar-refractivity contribution in [1.29, 1.82) is 0 Å². The van der Waals surface area contributed by atoms with Crippen molar-refractivity contribution < 1.29 is 9.53 Å². The highest BCUT2D eigenvalue weighted by Crippen LogP contribution is 2.29. The van der Waals surface area contributed by atoms with Crippen LogP contribution < -0.4 is 5.73 Å². The number of hydrogen-bond donors (Lipinski definition) is 1. The molecule has 2 heterocycles. The lowest BCUT2D eigenvalue weighted by Crippen LogP contribution is -2.18. The van der Waals surface area contributed by atoms with E-state index in [-0.39, 0.29) is 5.69 Å². The van der Waals surface area contributed by atoms with Crippen molar-refractivity contribution in [3.8, 4) is 0 Å². The highest BCUT2D eigenvalue weighted by Gasteiger charge is 2.22. The van der Waals surface area contributed by atoms with Gasteiger partial charge in [0, 0.05) is 11.8 Å². The fourth-order valence-corrected chi connectivity index (χ4v) is 3.00. The number of nitrogen functional groups attached to an aromatic ring is 1. The van der Waals surface area contributed by atoms with E-state index in [1.807, 2.05) is 16.3 Å². The minimum absolute atomic E-state index is 0.220. The maximum atomic E-state index is 11.3. The molecule has 16 heavy (non-hydrogen) atoms. The Morgan fingerprint density at radius 2 is 2.56 bits per heavy atom. The fourth-order valence-electron chi connectivity index (χ4n) is 1.86. The summed E-state index contributed by atoms with van der Waals surface area (Å²) in [5.74, 6) is 2.18. The van der Waals surface area contributed by atoms with Crippen LogP contribution >= 0.6 is 11.8 Å². The van der Waals surface area contributed by atoms with Crippen LogP contribution in [0.2, 0.25) is 0 Å². The fraction of sp³-hybridized carbons (Fsp3) is 0.600. The summed E-state index contributed by atoms with van der Waals surface area (Å²) < 4.78 is 6.51. The average Bonchev–Trinajstić information content (AvgIpc) is 2.71. The first kappa shape index (κ1) is 11.3. The molecule has 88 valence electrons. The number of nitrogens with two attached hydrogens (primary N) is 1. The molecule has 2 N–H and O–H groups in total. The molecule has 0 spiro atoms. The predicted octanol–water partition coefficient (Wildman–Crippen LogP) is 1.32. The van der Waals surface area contributed by atoms with Gasteiger partial charge in [-0.25, -0.2) is 9.78 Å². The lowest BCUT2D eigenvalue weighted by molar-refractivity contribution is 0.0596. The number of nitrogens with zero attached hydrogens (tertiary/aromatic N) is 2. The topological polar surface area (TPSA) is 70.1 Å². The van der Waals surface area contributed by atoms with E-state index in [0.29, 0.717) is 11.9 Å². The second-order valence-corrected chi connectivity index (χ2v) is 4.90. The molecule has 1 atom stereocenters. The van der Waals surface area contributed by atoms with E-state index < -0.39 is 5.97 Å². The molecule has 1 unspecified atom stereocenters. The largest absolute Gasteiger partial charge is 0.464 e. The second kappa shape index (κ2) is 4.78. The number of ether oxygens (including phenoxy) is 1. The Morgan fingerprint density at radius 1 is 1.75 bits per heavy atom. The number of carbonyl (C=O) groups excluding carboxylic acids is 1. The Labute approximate surface area is 98.4 Å². The number of anilines is 1. The SMILES string of the molecule is COC(=O)c1ncn(C2CCCSC2)c1N. The quantitative estimate of drug-likeness (QED) is 0.791. The van der Waals surface area contributed by atoms with Gasteiger partial charge in [0.25, 0.3) is 0 Å². The van der Waals surface area contributed by atoms with Crippen molar-refractivity contribution >= 4 is 23.5 Å². The predicted molar refractivity (Wildman–Crippen MR) is 63.6 cm³/mol. The maximum Gasteiger partial charge on any atom is 0.360 e. The molecule has 1 aliphatic rings. The third kappa shape index (κ3) is 2.02. The molecule has 1 aromatic rings. The van der Waals surface area contributed by atoms with Crippen molar-refractivity contribution in [3.05, 3.63) is 12.0 Å². The Kier molecular flexibility index (Phi) is 3.38. The van der Waals surface area contributed by atoms with Gasteiger partial charge in [-0.05, 0) is 18.6 Å². The van der Waals surface area contributed by atoms with Crippen LogP contribution in [0.5, 0.6) is 0 Å². The Bertz CT molecular complexity index is 385. The summed E-state index contributed by atoms with van der Waals surface area (Å²) in [5.41, 5.74) is 6.12. The summed E-state index contributed by atoms with van der Waals surface area (Å²) in [7, 11) is 1.33. The Balaban J connectivity index is 2.21. The van der Waals surface area contributed by atoms with Crippen LogP contribution in [0.15, 0.2) is 6.33 Å². The lowest BCUT2D eigenvalue weighted by Gasteiger charge is -2.23. The molecule has 1 aromatic heterocycles. The van der Waals surface area contributed by atoms with Crippen LogP contribution in [0.4, 0.5) is 5.82 Å². The molecule has 0 aliphatic carbocycles. The van der Waals surface area contributed by atoms with Crippen molar-refractivity contribution in [3.63, 3.8) is 0 Å². The van der Waals surface area contributed by atoms with Crippen molar-refractivity contribution in [1.82, 2.24) is 9.55 Å². The van der Waals surface area contributed by atoms with Gasteiger partial charge in [0.2, 0.25) is 0 Å². The first-order valence-corrected chi connectivity index (χ1v) is 6.38. The highest BCUT2D eigenvalue weighted by molar-refractivity contribution is 7.99. The molecule has 0 bridgehead atoms. The molecular weight excluding hydrogens is 226 g/mol. The van der Waals surface area contributed by atoms with E-state index in [1.54, 1.807) is 6.33 Å². The van der Waals surface area contributed by atoms with Gasteiger partial charge in [0.05, 0.1) is 13.4 Å². The zero-order valence-electron chi connectivity index (χ0n) is 9.18. The normalized spacial score (nSPS) is 20.7. The summed E-state index contributed by atoms with van der Waals surface area (Å²) in [6.45, 7) is 0. The average molecular weight is 241 g/mol. The number of esters is 1. The molecule has 0 saturated carbocycles. The number of thioether (sulfide) groups is 1. The van der Waals surface area contributed by atoms with Crippen molar-refractivity contribution in [2.45, 2.75) is 18.9 Å². The van der Waals surface area contributed by atoms with Crippen LogP contribution in [-0.4, -0.2) is 34.1 Å². The van der Waals surface area contributed by atoms with E-state index in [2.05, 4.69) is 9.72 Å². The minimum atomic E-state index is -0.472. The van der Waals surface area contributed by atoms with E-state index in [4.69, 9.17) is 5.73 Å². The van der Waals surface area contributed by atoms with E-state index >= 15 is 0 Å². The van der Waals surface area contributed by atoms with Crippen LogP contribution in [0.25, 0.3) is 0 Å². The van der Waals surface area contributed by atoms with E-state index in [1.165, 1.54) is 19.3 Å². The lowest BCUT2D eigenvalue weighted by atomic mass is 10.2. The summed E-state index contributed by atoms with van der Waals surface area (Å²) >= 11 is 1.91. The first-order valence-electron chi connectivity index (χ1n) is 5.22. The number of aromatic nitrogens is 2. The molecule has 2 rings (SSSR count). The third-order valence-corrected chi connectivity index (χ3v) is 3.94. The number of rotatable bonds is 2. The standard InChI is InChI=1S/C10H15N3O2S/c1-15-10(14)8-9(11)13(6-12-8)7-3-2-4-16-5-7/h6-7H,2-5,11H2,1H3. The minimum Gasteiger partial charge on any atom is -0.464 e. The van der Waals surface area contributed by atoms with Gasteiger partial charge in [0.15, 0.2) is 5.69 Å². The summed E-state index contributed by atoms with van der Waals surface area (Å²) in [6.07, 6.45) is 3.91. The number of carbonyl (C=O) groups is 1. The molecule has 5 nitrogen and oxygen atoms in total. The monoisotopic (exact) mass is 241 g/mol. The number of imidazole rings is 1. The van der Waals surface area contributed by atoms with Gasteiger partial charge in [0.1, 0.15) is 5.82 Å². The molecular formula is C10H15N3O2S. The van der Waals surface area contributed by atoms with Crippen molar-refractivity contribution in [2.24, 2.45) is 0 Å². The molecule has 1 saturated heterocycles. The van der Waals surface area contributed by atoms with Crippen LogP contribution in [0.1, 0.15) is 29.4 Å². The van der Waals surface area contributed by atoms with E-state index in [0.717, 1.165) is 12.2 Å². The summed E-state index contributed by atoms with van der Waals surface area (Å²) in [5, 5.41) is 0. The van der Waals surface area contributed by atoms with Crippen LogP contribution in [-0.2, 0) is 4.74 Å². The number of hydrogen-bond acceptors (Lipinski definition) is 5. The van der Waals surface area contributed by atoms with Gasteiger partial charge in [-0.1, -0.05) is 0 Å². The summed E-state index contributed by atoms with van der Waals surface area (Å²) in [4.78, 5) is 15.4.